The fraction of sp³-hybridized carbons (Fsp3) is 0.714. The van der Waals surface area contributed by atoms with E-state index >= 15 is 0 Å². The lowest BCUT2D eigenvalue weighted by Crippen LogP contribution is -2.47. The predicted octanol–water partition coefficient (Wildman–Crippen LogP) is 1.36. The van der Waals surface area contributed by atoms with E-state index < -0.39 is 16.1 Å². The molecule has 1 aliphatic rings. The predicted molar refractivity (Wildman–Crippen MR) is 80.8 cm³/mol. The molecule has 0 spiro atoms. The molecule has 0 radical (unpaired) electrons. The van der Waals surface area contributed by atoms with E-state index in [4.69, 9.17) is 4.52 Å². The second kappa shape index (κ2) is 6.78. The lowest BCUT2D eigenvalue weighted by atomic mass is 10.2. The fourth-order valence-corrected chi connectivity index (χ4v) is 4.29. The van der Waals surface area contributed by atoms with Crippen molar-refractivity contribution in [2.24, 2.45) is 0 Å². The van der Waals surface area contributed by atoms with Gasteiger partial charge in [0, 0.05) is 13.1 Å². The van der Waals surface area contributed by atoms with E-state index in [0.29, 0.717) is 18.8 Å². The molecule has 8 heteroatoms. The van der Waals surface area contributed by atoms with Crippen molar-refractivity contribution in [3.63, 3.8) is 0 Å². The van der Waals surface area contributed by atoms with Crippen LogP contribution in [0, 0.1) is 13.8 Å². The molecule has 2 rings (SSSR count). The Balaban J connectivity index is 2.10. The van der Waals surface area contributed by atoms with Crippen LogP contribution in [0.1, 0.15) is 44.1 Å². The van der Waals surface area contributed by atoms with Crippen molar-refractivity contribution in [2.45, 2.75) is 57.4 Å². The molecule has 7 nitrogen and oxygen atoms in total. The van der Waals surface area contributed by atoms with Gasteiger partial charge in [-0.1, -0.05) is 18.0 Å². The highest BCUT2D eigenvalue weighted by Crippen LogP contribution is 2.19. The van der Waals surface area contributed by atoms with E-state index in [1.807, 2.05) is 0 Å². The molecule has 0 bridgehead atoms. The normalized spacial score (nSPS) is 18.0. The molecular weight excluding hydrogens is 306 g/mol. The number of nitrogens with zero attached hydrogens (tertiary/aromatic N) is 2. The van der Waals surface area contributed by atoms with Crippen LogP contribution in [0.4, 0.5) is 0 Å². The summed E-state index contributed by atoms with van der Waals surface area (Å²) in [7, 11) is -3.82. The first-order valence-corrected chi connectivity index (χ1v) is 9.05. The summed E-state index contributed by atoms with van der Waals surface area (Å²) in [5.74, 6) is 0.0386. The van der Waals surface area contributed by atoms with Crippen molar-refractivity contribution in [3.05, 3.63) is 11.5 Å². The molecule has 0 aliphatic carbocycles. The lowest BCUT2D eigenvalue weighted by molar-refractivity contribution is -0.132. The molecule has 1 amide bonds. The summed E-state index contributed by atoms with van der Waals surface area (Å²) in [5.41, 5.74) is 0.291. The number of carbonyl (C=O) groups is 1. The molecule has 22 heavy (non-hydrogen) atoms. The maximum Gasteiger partial charge on any atom is 0.246 e. The Morgan fingerprint density at radius 2 is 1.82 bits per heavy atom. The molecule has 1 aromatic heterocycles. The molecular formula is C14H23N3O4S. The summed E-state index contributed by atoms with van der Waals surface area (Å²) in [5, 5.41) is 3.65. The average molecular weight is 329 g/mol. The summed E-state index contributed by atoms with van der Waals surface area (Å²) < 4.78 is 32.2. The number of aryl methyl sites for hydroxylation is 2. The van der Waals surface area contributed by atoms with Crippen molar-refractivity contribution < 1.29 is 17.7 Å². The van der Waals surface area contributed by atoms with Gasteiger partial charge in [-0.05, 0) is 33.6 Å². The minimum Gasteiger partial charge on any atom is -0.360 e. The number of carbonyl (C=O) groups excluding carboxylic acids is 1. The fourth-order valence-electron chi connectivity index (χ4n) is 2.77. The molecule has 1 aromatic rings. The molecule has 0 saturated carbocycles. The zero-order chi connectivity index (χ0) is 16.3. The monoisotopic (exact) mass is 329 g/mol. The first-order valence-electron chi connectivity index (χ1n) is 7.57. The molecule has 2 heterocycles. The second-order valence-electron chi connectivity index (χ2n) is 5.74. The van der Waals surface area contributed by atoms with Crippen molar-refractivity contribution in [3.8, 4) is 0 Å². The third-order valence-electron chi connectivity index (χ3n) is 3.86. The standard InChI is InChI=1S/C14H23N3O4S/c1-10-13(12(3)21-15-10)22(19,20)16-11(2)14(18)17-8-6-4-5-7-9-17/h11,16H,4-9H2,1-3H3/t11-/m0/s1. The third-order valence-corrected chi connectivity index (χ3v) is 5.64. The number of nitrogens with one attached hydrogen (secondary N) is 1. The van der Waals surface area contributed by atoms with Crippen LogP contribution in [0.2, 0.25) is 0 Å². The molecule has 1 fully saturated rings. The van der Waals surface area contributed by atoms with Crippen LogP contribution in [0.3, 0.4) is 0 Å². The zero-order valence-corrected chi connectivity index (χ0v) is 14.1. The molecule has 0 aromatic carbocycles. The zero-order valence-electron chi connectivity index (χ0n) is 13.3. The Morgan fingerprint density at radius 3 is 2.32 bits per heavy atom. The van der Waals surface area contributed by atoms with E-state index in [2.05, 4.69) is 9.88 Å². The molecule has 0 unspecified atom stereocenters. The van der Waals surface area contributed by atoms with Crippen molar-refractivity contribution in [2.75, 3.05) is 13.1 Å². The second-order valence-corrected chi connectivity index (χ2v) is 7.39. The van der Waals surface area contributed by atoms with Gasteiger partial charge in [-0.15, -0.1) is 0 Å². The van der Waals surface area contributed by atoms with Gasteiger partial charge < -0.3 is 9.42 Å². The van der Waals surface area contributed by atoms with E-state index in [0.717, 1.165) is 25.7 Å². The van der Waals surface area contributed by atoms with Crippen LogP contribution >= 0.6 is 0 Å². The van der Waals surface area contributed by atoms with E-state index in [1.54, 1.807) is 18.7 Å². The average Bonchev–Trinajstić information content (AvgIpc) is 2.67. The summed E-state index contributed by atoms with van der Waals surface area (Å²) in [6.07, 6.45) is 4.16. The number of hydrogen-bond acceptors (Lipinski definition) is 5. The highest BCUT2D eigenvalue weighted by molar-refractivity contribution is 7.89. The summed E-state index contributed by atoms with van der Waals surface area (Å²) in [4.78, 5) is 14.2. The number of amides is 1. The van der Waals surface area contributed by atoms with Gasteiger partial charge in [-0.2, -0.15) is 4.72 Å². The number of sulfonamides is 1. The molecule has 1 aliphatic heterocycles. The van der Waals surface area contributed by atoms with Gasteiger partial charge >= 0.3 is 0 Å². The van der Waals surface area contributed by atoms with Gasteiger partial charge in [0.05, 0.1) is 6.04 Å². The quantitative estimate of drug-likeness (QED) is 0.900. The lowest BCUT2D eigenvalue weighted by Gasteiger charge is -2.24. The van der Waals surface area contributed by atoms with Gasteiger partial charge in [-0.3, -0.25) is 4.79 Å². The van der Waals surface area contributed by atoms with Crippen LogP contribution in [-0.2, 0) is 14.8 Å². The van der Waals surface area contributed by atoms with Gasteiger partial charge in [0.25, 0.3) is 0 Å². The Morgan fingerprint density at radius 1 is 1.23 bits per heavy atom. The Kier molecular flexibility index (Phi) is 5.23. The minimum absolute atomic E-state index is 0.0167. The van der Waals surface area contributed by atoms with Crippen molar-refractivity contribution in [1.82, 2.24) is 14.8 Å². The van der Waals surface area contributed by atoms with E-state index in [1.165, 1.54) is 6.92 Å². The maximum atomic E-state index is 12.4. The number of aromatic nitrogens is 1. The molecule has 1 atom stereocenters. The highest BCUT2D eigenvalue weighted by atomic mass is 32.2. The largest absolute Gasteiger partial charge is 0.360 e. The van der Waals surface area contributed by atoms with Crippen molar-refractivity contribution >= 4 is 15.9 Å². The molecule has 1 N–H and O–H groups in total. The van der Waals surface area contributed by atoms with Crippen LogP contribution in [0.5, 0.6) is 0 Å². The Labute approximate surface area is 131 Å². The van der Waals surface area contributed by atoms with E-state index in [-0.39, 0.29) is 16.6 Å². The number of likely N-dealkylation sites (tertiary alicyclic amines) is 1. The molecule has 1 saturated heterocycles. The summed E-state index contributed by atoms with van der Waals surface area (Å²) >= 11 is 0. The first-order chi connectivity index (χ1) is 10.3. The third kappa shape index (κ3) is 3.67. The van der Waals surface area contributed by atoms with Gasteiger partial charge in [0.15, 0.2) is 5.76 Å². The smallest absolute Gasteiger partial charge is 0.246 e. The van der Waals surface area contributed by atoms with Crippen molar-refractivity contribution in [1.29, 1.82) is 0 Å². The van der Waals surface area contributed by atoms with E-state index in [9.17, 15) is 13.2 Å². The minimum atomic E-state index is -3.82. The maximum absolute atomic E-state index is 12.4. The van der Waals surface area contributed by atoms with Gasteiger partial charge in [0.1, 0.15) is 10.6 Å². The molecule has 124 valence electrons. The highest BCUT2D eigenvalue weighted by Gasteiger charge is 2.30. The Bertz CT molecular complexity index is 611. The number of hydrogen-bond donors (Lipinski definition) is 1. The topological polar surface area (TPSA) is 92.5 Å². The summed E-state index contributed by atoms with van der Waals surface area (Å²) in [6, 6.07) is -0.809. The van der Waals surface area contributed by atoms with Gasteiger partial charge in [0.2, 0.25) is 15.9 Å². The SMILES string of the molecule is Cc1noc(C)c1S(=O)(=O)N[C@@H](C)C(=O)N1CCCCCC1. The first kappa shape index (κ1) is 17.0. The van der Waals surface area contributed by atoms with Crippen LogP contribution in [0.15, 0.2) is 9.42 Å². The Hall–Kier alpha value is -1.41. The summed E-state index contributed by atoms with van der Waals surface area (Å²) in [6.45, 7) is 6.05. The van der Waals surface area contributed by atoms with Crippen LogP contribution in [0.25, 0.3) is 0 Å². The van der Waals surface area contributed by atoms with Crippen LogP contribution < -0.4 is 4.72 Å². The van der Waals surface area contributed by atoms with Gasteiger partial charge in [-0.25, -0.2) is 8.42 Å². The van der Waals surface area contributed by atoms with Crippen LogP contribution in [-0.4, -0.2) is 43.5 Å². The number of rotatable bonds is 4.